The van der Waals surface area contributed by atoms with E-state index < -0.39 is 26.1 Å². The number of benzene rings is 4. The Morgan fingerprint density at radius 3 is 1.96 bits per heavy atom. The minimum absolute atomic E-state index is 0.0610. The van der Waals surface area contributed by atoms with Crippen molar-refractivity contribution in [2.45, 2.75) is 70.5 Å². The van der Waals surface area contributed by atoms with Gasteiger partial charge >= 0.3 is 5.97 Å². The van der Waals surface area contributed by atoms with E-state index in [0.29, 0.717) is 29.5 Å². The number of halogens is 2. The highest BCUT2D eigenvalue weighted by atomic mass is 35.5. The lowest BCUT2D eigenvalue weighted by atomic mass is 9.72. The molecule has 0 aromatic heterocycles. The van der Waals surface area contributed by atoms with Gasteiger partial charge in [0.1, 0.15) is 0 Å². The number of hydrogen-bond donors (Lipinski definition) is 0. The van der Waals surface area contributed by atoms with Gasteiger partial charge < -0.3 is 14.1 Å². The number of piperidine rings is 1. The lowest BCUT2D eigenvalue weighted by molar-refractivity contribution is -0.158. The van der Waals surface area contributed by atoms with Gasteiger partial charge in [0.15, 0.2) is 0 Å². The third kappa shape index (κ3) is 7.68. The number of amides is 1. The number of carbonyl (C=O) groups excluding carboxylic acids is 2. The Morgan fingerprint density at radius 1 is 0.837 bits per heavy atom. The van der Waals surface area contributed by atoms with E-state index in [4.69, 9.17) is 32.4 Å². The topological polar surface area (TPSA) is 55.8 Å². The summed E-state index contributed by atoms with van der Waals surface area (Å²) in [6.45, 7) is 11.1. The number of ether oxygens (including phenoxy) is 1. The summed E-state index contributed by atoms with van der Waals surface area (Å²) in [5.74, 6) is -1.77. The van der Waals surface area contributed by atoms with Crippen molar-refractivity contribution in [1.82, 2.24) is 4.90 Å². The standard InChI is InChI=1S/C41H47Cl2NO4Si/c1-28(24-25-48-49(41(3,4)5,34-16-9-7-10-17-34)35-18-11-8-12-19-35)44-38(30-20-22-32(42)23-21-30)37(31-14-13-15-33(43)26-31)27-36(39(44)45)29(2)40(46)47-6/h7-23,26,28-29,36-38H,24-25,27H2,1-6H3/t28-,29?,36?,37?,38?/m0/s1. The Hall–Kier alpha value is -3.42. The van der Waals surface area contributed by atoms with Crippen LogP contribution in [-0.2, 0) is 18.8 Å². The van der Waals surface area contributed by atoms with Crippen LogP contribution in [0.25, 0.3) is 0 Å². The van der Waals surface area contributed by atoms with Crippen LogP contribution in [-0.4, -0.2) is 44.9 Å². The Balaban J connectivity index is 1.56. The van der Waals surface area contributed by atoms with Crippen LogP contribution in [0, 0.1) is 11.8 Å². The number of rotatable bonds is 11. The zero-order valence-electron chi connectivity index (χ0n) is 29.2. The molecule has 5 nitrogen and oxygen atoms in total. The van der Waals surface area contributed by atoms with Gasteiger partial charge in [-0.05, 0) is 70.6 Å². The molecule has 1 heterocycles. The van der Waals surface area contributed by atoms with Crippen LogP contribution in [0.1, 0.15) is 70.5 Å². The molecule has 4 unspecified atom stereocenters. The van der Waals surface area contributed by atoms with Crippen LogP contribution in [0.3, 0.4) is 0 Å². The molecule has 0 aliphatic carbocycles. The minimum atomic E-state index is -2.79. The highest BCUT2D eigenvalue weighted by Crippen LogP contribution is 2.48. The molecular weight excluding hydrogens is 669 g/mol. The van der Waals surface area contributed by atoms with Crippen LogP contribution in [0.4, 0.5) is 0 Å². The molecule has 4 aromatic rings. The number of likely N-dealkylation sites (tertiary alicyclic amines) is 1. The smallest absolute Gasteiger partial charge is 0.309 e. The average Bonchev–Trinajstić information content (AvgIpc) is 3.09. The van der Waals surface area contributed by atoms with Crippen LogP contribution in [0.15, 0.2) is 109 Å². The van der Waals surface area contributed by atoms with Crippen LogP contribution in [0.2, 0.25) is 15.1 Å². The average molecular weight is 717 g/mol. The number of methoxy groups -OCH3 is 1. The molecule has 0 bridgehead atoms. The fraction of sp³-hybridized carbons (Fsp3) is 0.366. The van der Waals surface area contributed by atoms with Crippen molar-refractivity contribution >= 4 is 53.8 Å². The Bertz CT molecular complexity index is 1670. The number of hydrogen-bond acceptors (Lipinski definition) is 4. The van der Waals surface area contributed by atoms with E-state index in [1.54, 1.807) is 6.92 Å². The summed E-state index contributed by atoms with van der Waals surface area (Å²) < 4.78 is 12.4. The van der Waals surface area contributed by atoms with Crippen LogP contribution < -0.4 is 10.4 Å². The Kier molecular flexibility index (Phi) is 11.8. The molecule has 258 valence electrons. The van der Waals surface area contributed by atoms with Crippen molar-refractivity contribution in [3.05, 3.63) is 130 Å². The van der Waals surface area contributed by atoms with Gasteiger partial charge in [-0.3, -0.25) is 9.59 Å². The first-order valence-corrected chi connectivity index (χ1v) is 19.7. The second-order valence-corrected chi connectivity index (χ2v) is 19.4. The summed E-state index contributed by atoms with van der Waals surface area (Å²) in [7, 11) is -1.41. The summed E-state index contributed by atoms with van der Waals surface area (Å²) in [6, 6.07) is 36.2. The van der Waals surface area contributed by atoms with Crippen LogP contribution >= 0.6 is 23.2 Å². The van der Waals surface area contributed by atoms with Gasteiger partial charge in [0.05, 0.1) is 25.0 Å². The quantitative estimate of drug-likeness (QED) is 0.115. The van der Waals surface area contributed by atoms with Crippen LogP contribution in [0.5, 0.6) is 0 Å². The molecule has 0 N–H and O–H groups in total. The predicted octanol–water partition coefficient (Wildman–Crippen LogP) is 8.83. The second-order valence-electron chi connectivity index (χ2n) is 14.2. The molecule has 1 aliphatic rings. The molecule has 5 rings (SSSR count). The van der Waals surface area contributed by atoms with Crippen molar-refractivity contribution in [2.24, 2.45) is 11.8 Å². The summed E-state index contributed by atoms with van der Waals surface area (Å²) in [6.07, 6.45) is 1.08. The molecule has 0 spiro atoms. The molecule has 1 amide bonds. The van der Waals surface area contributed by atoms with Crippen molar-refractivity contribution in [1.29, 1.82) is 0 Å². The Labute approximate surface area is 302 Å². The molecule has 1 fully saturated rings. The van der Waals surface area contributed by atoms with Gasteiger partial charge in [-0.25, -0.2) is 0 Å². The molecule has 1 aliphatic heterocycles. The first kappa shape index (κ1) is 36.8. The first-order valence-electron chi connectivity index (χ1n) is 17.0. The third-order valence-electron chi connectivity index (χ3n) is 10.2. The van der Waals surface area contributed by atoms with E-state index in [0.717, 1.165) is 11.1 Å². The summed E-state index contributed by atoms with van der Waals surface area (Å²) in [5.41, 5.74) is 1.99. The summed E-state index contributed by atoms with van der Waals surface area (Å²) >= 11 is 12.9. The molecule has 0 saturated carbocycles. The van der Waals surface area contributed by atoms with Gasteiger partial charge in [0.25, 0.3) is 8.32 Å². The highest BCUT2D eigenvalue weighted by molar-refractivity contribution is 6.99. The van der Waals surface area contributed by atoms with Gasteiger partial charge in [-0.2, -0.15) is 0 Å². The maximum absolute atomic E-state index is 14.7. The predicted molar refractivity (Wildman–Crippen MR) is 202 cm³/mol. The minimum Gasteiger partial charge on any atom is -0.469 e. The number of esters is 1. The molecule has 8 heteroatoms. The molecule has 49 heavy (non-hydrogen) atoms. The lowest BCUT2D eigenvalue weighted by Gasteiger charge is -2.49. The molecular formula is C41H47Cl2NO4Si. The fourth-order valence-electron chi connectivity index (χ4n) is 7.68. The zero-order chi connectivity index (χ0) is 35.3. The largest absolute Gasteiger partial charge is 0.469 e. The van der Waals surface area contributed by atoms with Crippen molar-refractivity contribution in [2.75, 3.05) is 13.7 Å². The Morgan fingerprint density at radius 2 is 1.43 bits per heavy atom. The molecule has 5 atom stereocenters. The van der Waals surface area contributed by atoms with E-state index in [1.807, 2.05) is 59.5 Å². The van der Waals surface area contributed by atoms with Gasteiger partial charge in [-0.15, -0.1) is 0 Å². The van der Waals surface area contributed by atoms with E-state index in [2.05, 4.69) is 82.3 Å². The monoisotopic (exact) mass is 715 g/mol. The van der Waals surface area contributed by atoms with Gasteiger partial charge in [0.2, 0.25) is 5.91 Å². The zero-order valence-corrected chi connectivity index (χ0v) is 31.7. The maximum Gasteiger partial charge on any atom is 0.309 e. The number of nitrogens with zero attached hydrogens (tertiary/aromatic N) is 1. The molecule has 0 radical (unpaired) electrons. The second kappa shape index (κ2) is 15.6. The lowest BCUT2D eigenvalue weighted by Crippen LogP contribution is -2.66. The first-order chi connectivity index (χ1) is 23.4. The number of carbonyl (C=O) groups is 2. The van der Waals surface area contributed by atoms with Crippen molar-refractivity contribution in [3.63, 3.8) is 0 Å². The molecule has 1 saturated heterocycles. The van der Waals surface area contributed by atoms with E-state index in [1.165, 1.54) is 17.5 Å². The van der Waals surface area contributed by atoms with E-state index in [-0.39, 0.29) is 28.9 Å². The van der Waals surface area contributed by atoms with E-state index >= 15 is 0 Å². The van der Waals surface area contributed by atoms with Gasteiger partial charge in [0, 0.05) is 28.6 Å². The summed E-state index contributed by atoms with van der Waals surface area (Å²) in [5, 5.41) is 3.50. The molecule has 4 aromatic carbocycles. The van der Waals surface area contributed by atoms with Crippen molar-refractivity contribution < 1.29 is 18.8 Å². The van der Waals surface area contributed by atoms with Gasteiger partial charge in [-0.1, -0.05) is 136 Å². The normalized spacial score (nSPS) is 19.7. The maximum atomic E-state index is 14.7. The SMILES string of the molecule is COC(=O)C(C)C1CC(c2cccc(Cl)c2)C(c2ccc(Cl)cc2)N([C@@H](C)CCO[Si](c2ccccc2)(c2ccccc2)C(C)(C)C)C1=O. The third-order valence-corrected chi connectivity index (χ3v) is 15.7. The fourth-order valence-corrected chi connectivity index (χ4v) is 12.6. The summed E-state index contributed by atoms with van der Waals surface area (Å²) in [4.78, 5) is 29.6. The van der Waals surface area contributed by atoms with E-state index in [9.17, 15) is 9.59 Å². The highest BCUT2D eigenvalue weighted by Gasteiger charge is 2.51. The van der Waals surface area contributed by atoms with Crippen molar-refractivity contribution in [3.8, 4) is 0 Å².